The van der Waals surface area contributed by atoms with Crippen molar-refractivity contribution < 1.29 is 9.53 Å². The van der Waals surface area contributed by atoms with Crippen molar-refractivity contribution in [1.82, 2.24) is 0 Å². The monoisotopic (exact) mass is 218 g/mol. The van der Waals surface area contributed by atoms with Crippen LogP contribution in [-0.2, 0) is 4.79 Å². The molecule has 1 aromatic rings. The Morgan fingerprint density at radius 1 is 1.38 bits per heavy atom. The quantitative estimate of drug-likeness (QED) is 0.845. The van der Waals surface area contributed by atoms with Crippen LogP contribution in [0.4, 0.5) is 5.69 Å². The van der Waals surface area contributed by atoms with Crippen LogP contribution in [0.5, 0.6) is 5.75 Å². The zero-order chi connectivity index (χ0) is 12.2. The number of hydrogen-bond donors (Lipinski definition) is 1. The van der Waals surface area contributed by atoms with Gasteiger partial charge in [0.15, 0.2) is 0 Å². The van der Waals surface area contributed by atoms with Gasteiger partial charge in [0.1, 0.15) is 11.2 Å². The second-order valence-electron chi connectivity index (χ2n) is 3.92. The maximum Gasteiger partial charge on any atom is 0.244 e. The summed E-state index contributed by atoms with van der Waals surface area (Å²) in [6.07, 6.45) is 0. The molecule has 0 fully saturated rings. The molecule has 0 radical (unpaired) electrons. The first-order valence-electron chi connectivity index (χ1n) is 4.86. The first kappa shape index (κ1) is 12.1. The molecule has 0 saturated heterocycles. The number of carbonyl (C=O) groups is 1. The molecule has 0 heterocycles. The molecule has 1 rings (SSSR count). The molecule has 0 aliphatic heterocycles. The van der Waals surface area contributed by atoms with Gasteiger partial charge in [-0.1, -0.05) is 0 Å². The predicted octanol–water partition coefficient (Wildman–Crippen LogP) is 2.18. The summed E-state index contributed by atoms with van der Waals surface area (Å²) in [5.41, 5.74) is -0.381. The van der Waals surface area contributed by atoms with E-state index in [0.29, 0.717) is 5.69 Å². The van der Waals surface area contributed by atoms with E-state index in [9.17, 15) is 4.79 Å². The lowest BCUT2D eigenvalue weighted by molar-refractivity contribution is -0.121. The fraction of sp³-hybridized carbons (Fsp3) is 0.333. The molecule has 0 aliphatic carbocycles. The Balaban J connectivity index is 2.75. The molecule has 0 saturated carbocycles. The highest BCUT2D eigenvalue weighted by Gasteiger charge is 2.27. The van der Waals surface area contributed by atoms with E-state index in [1.807, 2.05) is 6.07 Å². The van der Waals surface area contributed by atoms with Crippen LogP contribution >= 0.6 is 0 Å². The highest BCUT2D eigenvalue weighted by Crippen LogP contribution is 2.19. The third kappa shape index (κ3) is 2.74. The molecule has 4 nitrogen and oxygen atoms in total. The molecule has 0 aromatic heterocycles. The van der Waals surface area contributed by atoms with Crippen molar-refractivity contribution in [3.05, 3.63) is 24.3 Å². The Morgan fingerprint density at radius 3 is 2.38 bits per heavy atom. The molecule has 0 atom stereocenters. The number of nitrogens with zero attached hydrogens (tertiary/aromatic N) is 1. The van der Waals surface area contributed by atoms with Gasteiger partial charge in [-0.2, -0.15) is 5.26 Å². The molecule has 0 unspecified atom stereocenters. The Bertz CT molecular complexity index is 416. The standard InChI is InChI=1S/C12H14N2O2/c1-12(2,8-13)11(15)14-9-4-6-10(16-3)7-5-9/h4-7H,1-3H3,(H,14,15). The van der Waals surface area contributed by atoms with Crippen LogP contribution in [-0.4, -0.2) is 13.0 Å². The number of nitrogens with one attached hydrogen (secondary N) is 1. The van der Waals surface area contributed by atoms with Crippen LogP contribution in [0.3, 0.4) is 0 Å². The van der Waals surface area contributed by atoms with E-state index in [4.69, 9.17) is 10.00 Å². The molecule has 4 heteroatoms. The summed E-state index contributed by atoms with van der Waals surface area (Å²) >= 11 is 0. The molecular weight excluding hydrogens is 204 g/mol. The minimum Gasteiger partial charge on any atom is -0.497 e. The highest BCUT2D eigenvalue weighted by atomic mass is 16.5. The number of carbonyl (C=O) groups excluding carboxylic acids is 1. The number of amides is 1. The molecule has 0 aliphatic rings. The summed E-state index contributed by atoms with van der Waals surface area (Å²) in [6.45, 7) is 3.15. The number of methoxy groups -OCH3 is 1. The van der Waals surface area contributed by atoms with Gasteiger partial charge in [-0.25, -0.2) is 0 Å². The lowest BCUT2D eigenvalue weighted by Gasteiger charge is -2.15. The van der Waals surface area contributed by atoms with Crippen molar-refractivity contribution in [1.29, 1.82) is 5.26 Å². The number of hydrogen-bond acceptors (Lipinski definition) is 3. The molecule has 0 spiro atoms. The Labute approximate surface area is 94.8 Å². The van der Waals surface area contributed by atoms with E-state index in [2.05, 4.69) is 5.32 Å². The maximum atomic E-state index is 11.7. The second-order valence-corrected chi connectivity index (χ2v) is 3.92. The number of anilines is 1. The molecule has 1 aromatic carbocycles. The van der Waals surface area contributed by atoms with E-state index in [-0.39, 0.29) is 5.91 Å². The van der Waals surface area contributed by atoms with Crippen LogP contribution < -0.4 is 10.1 Å². The first-order chi connectivity index (χ1) is 7.49. The fourth-order valence-corrected chi connectivity index (χ4v) is 1.01. The summed E-state index contributed by atoms with van der Waals surface area (Å²) in [4.78, 5) is 11.7. The topological polar surface area (TPSA) is 62.1 Å². The average molecular weight is 218 g/mol. The Kier molecular flexibility index (Phi) is 3.51. The Morgan fingerprint density at radius 2 is 1.94 bits per heavy atom. The molecule has 84 valence electrons. The Hall–Kier alpha value is -2.02. The van der Waals surface area contributed by atoms with Gasteiger partial charge in [0, 0.05) is 5.69 Å². The number of rotatable bonds is 3. The van der Waals surface area contributed by atoms with Crippen LogP contribution in [0.2, 0.25) is 0 Å². The molecular formula is C12H14N2O2. The highest BCUT2D eigenvalue weighted by molar-refractivity contribution is 5.96. The van der Waals surface area contributed by atoms with Gasteiger partial charge in [0.2, 0.25) is 5.91 Å². The summed E-state index contributed by atoms with van der Waals surface area (Å²) in [7, 11) is 1.58. The predicted molar refractivity (Wildman–Crippen MR) is 61.0 cm³/mol. The molecule has 0 bridgehead atoms. The normalized spacial score (nSPS) is 10.4. The number of benzene rings is 1. The van der Waals surface area contributed by atoms with Crippen molar-refractivity contribution >= 4 is 11.6 Å². The second kappa shape index (κ2) is 4.67. The van der Waals surface area contributed by atoms with E-state index in [1.165, 1.54) is 0 Å². The van der Waals surface area contributed by atoms with Gasteiger partial charge in [0.25, 0.3) is 0 Å². The average Bonchev–Trinajstić information content (AvgIpc) is 2.30. The van der Waals surface area contributed by atoms with Gasteiger partial charge in [0.05, 0.1) is 13.2 Å². The maximum absolute atomic E-state index is 11.7. The third-order valence-corrected chi connectivity index (χ3v) is 2.20. The van der Waals surface area contributed by atoms with E-state index in [1.54, 1.807) is 45.2 Å². The van der Waals surface area contributed by atoms with Gasteiger partial charge < -0.3 is 10.1 Å². The first-order valence-corrected chi connectivity index (χ1v) is 4.86. The summed E-state index contributed by atoms with van der Waals surface area (Å²) in [5, 5.41) is 11.5. The van der Waals surface area contributed by atoms with Gasteiger partial charge in [-0.15, -0.1) is 0 Å². The zero-order valence-electron chi connectivity index (χ0n) is 9.57. The fourth-order valence-electron chi connectivity index (χ4n) is 1.01. The van der Waals surface area contributed by atoms with Crippen LogP contribution in [0.1, 0.15) is 13.8 Å². The third-order valence-electron chi connectivity index (χ3n) is 2.20. The van der Waals surface area contributed by atoms with Gasteiger partial charge in [-0.3, -0.25) is 4.79 Å². The molecule has 16 heavy (non-hydrogen) atoms. The van der Waals surface area contributed by atoms with Crippen molar-refractivity contribution in [2.45, 2.75) is 13.8 Å². The van der Waals surface area contributed by atoms with E-state index < -0.39 is 5.41 Å². The van der Waals surface area contributed by atoms with Crippen molar-refractivity contribution in [2.75, 3.05) is 12.4 Å². The molecule has 1 amide bonds. The lowest BCUT2D eigenvalue weighted by Crippen LogP contribution is -2.29. The van der Waals surface area contributed by atoms with E-state index in [0.717, 1.165) is 5.75 Å². The van der Waals surface area contributed by atoms with Crippen molar-refractivity contribution in [3.63, 3.8) is 0 Å². The van der Waals surface area contributed by atoms with Crippen LogP contribution in [0.25, 0.3) is 0 Å². The SMILES string of the molecule is COc1ccc(NC(=O)C(C)(C)C#N)cc1. The van der Waals surface area contributed by atoms with E-state index >= 15 is 0 Å². The van der Waals surface area contributed by atoms with Crippen LogP contribution in [0, 0.1) is 16.7 Å². The molecule has 1 N–H and O–H groups in total. The zero-order valence-corrected chi connectivity index (χ0v) is 9.57. The van der Waals surface area contributed by atoms with Gasteiger partial charge in [-0.05, 0) is 38.1 Å². The van der Waals surface area contributed by atoms with Gasteiger partial charge >= 0.3 is 0 Å². The number of ether oxygens (including phenoxy) is 1. The van der Waals surface area contributed by atoms with Crippen LogP contribution in [0.15, 0.2) is 24.3 Å². The summed E-state index contributed by atoms with van der Waals surface area (Å²) < 4.78 is 5.00. The largest absolute Gasteiger partial charge is 0.497 e. The number of nitriles is 1. The summed E-state index contributed by atoms with van der Waals surface area (Å²) in [6, 6.07) is 8.89. The lowest BCUT2D eigenvalue weighted by atomic mass is 9.94. The van der Waals surface area contributed by atoms with Crippen molar-refractivity contribution in [2.24, 2.45) is 5.41 Å². The minimum absolute atomic E-state index is 0.319. The van der Waals surface area contributed by atoms with Crippen molar-refractivity contribution in [3.8, 4) is 11.8 Å². The smallest absolute Gasteiger partial charge is 0.244 e. The summed E-state index contributed by atoms with van der Waals surface area (Å²) in [5.74, 6) is 0.401. The minimum atomic E-state index is -1.03.